The Labute approximate surface area is 160 Å². The Bertz CT molecular complexity index is 953. The molecule has 0 spiro atoms. The predicted molar refractivity (Wildman–Crippen MR) is 114 cm³/mol. The van der Waals surface area contributed by atoms with Gasteiger partial charge in [0.05, 0.1) is 0 Å². The Morgan fingerprint density at radius 3 is 1.37 bits per heavy atom. The lowest BCUT2D eigenvalue weighted by Gasteiger charge is -2.38. The highest BCUT2D eigenvalue weighted by molar-refractivity contribution is 7.16. The molecular formula is C25H20BN. The van der Waals surface area contributed by atoms with Gasteiger partial charge in [0, 0.05) is 12.1 Å². The Morgan fingerprint density at radius 1 is 0.519 bits per heavy atom. The third-order valence-corrected chi connectivity index (χ3v) is 5.03. The molecule has 2 heteroatoms. The van der Waals surface area contributed by atoms with Crippen LogP contribution in [0.2, 0.25) is 0 Å². The number of H-pyrrole nitrogens is 1. The molecule has 1 aromatic heterocycles. The maximum absolute atomic E-state index is 3.68. The molecule has 1 heterocycles. The van der Waals surface area contributed by atoms with E-state index in [9.17, 15) is 0 Å². The second kappa shape index (κ2) is 7.76. The highest BCUT2D eigenvalue weighted by Gasteiger charge is 2.27. The normalized spacial score (nSPS) is 10.7. The lowest BCUT2D eigenvalue weighted by Crippen LogP contribution is -2.66. The fraction of sp³-hybridized carbons (Fsp3) is 0. The summed E-state index contributed by atoms with van der Waals surface area (Å²) in [4.78, 5) is 3.23. The quantitative estimate of drug-likeness (QED) is 0.400. The summed E-state index contributed by atoms with van der Waals surface area (Å²) in [7, 11) is 0. The highest BCUT2D eigenvalue weighted by atomic mass is 14.6. The summed E-state index contributed by atoms with van der Waals surface area (Å²) in [6.07, 6.45) is 0.488. The predicted octanol–water partition coefficient (Wildman–Crippen LogP) is 2.56. The van der Waals surface area contributed by atoms with E-state index in [2.05, 4.69) is 108 Å². The molecular weight excluding hydrogens is 325 g/mol. The van der Waals surface area contributed by atoms with Crippen LogP contribution in [0.4, 0.5) is 0 Å². The largest absolute Gasteiger partial charge is 0.286 e. The van der Waals surface area contributed by atoms with Gasteiger partial charge in [0.2, 0.25) is 0 Å². The van der Waals surface area contributed by atoms with E-state index in [0.29, 0.717) is 0 Å². The molecule has 0 fully saturated rings. The number of aromatic amines is 1. The lowest BCUT2D eigenvalue weighted by molar-refractivity contribution is -0.381. The molecule has 4 aromatic rings. The molecule has 0 unspecified atom stereocenters. The van der Waals surface area contributed by atoms with Gasteiger partial charge in [0.15, 0.2) is 6.20 Å². The summed E-state index contributed by atoms with van der Waals surface area (Å²) in [6, 6.07) is 37.8. The molecule has 0 saturated carbocycles. The molecule has 0 atom stereocenters. The standard InChI is InChI=1S/C25H19BN/c1-4-12-22(13-5-1)26(23-14-6-2-7-15-23,24-16-8-3-9-17-24)20-19-25-18-10-11-21-27-25/h1-18,21H/q-1/p+1. The SMILES string of the molecule is C(#C[B-](c1ccccc1)(c1ccccc1)c1ccccc1)c1cccc[nH+]1. The van der Waals surface area contributed by atoms with Gasteiger partial charge in [-0.15, -0.1) is 0 Å². The van der Waals surface area contributed by atoms with Crippen LogP contribution in [0.25, 0.3) is 0 Å². The van der Waals surface area contributed by atoms with Crippen LogP contribution in [0.15, 0.2) is 115 Å². The third-order valence-electron chi connectivity index (χ3n) is 5.03. The van der Waals surface area contributed by atoms with Gasteiger partial charge in [0.25, 0.3) is 5.69 Å². The van der Waals surface area contributed by atoms with Gasteiger partial charge >= 0.3 is 0 Å². The molecule has 0 amide bonds. The van der Waals surface area contributed by atoms with Crippen molar-refractivity contribution >= 4 is 22.5 Å². The van der Waals surface area contributed by atoms with E-state index in [1.807, 2.05) is 24.4 Å². The molecule has 0 bridgehead atoms. The molecule has 3 aromatic carbocycles. The summed E-state index contributed by atoms with van der Waals surface area (Å²) in [5.74, 6) is 7.08. The molecule has 0 aliphatic carbocycles. The average molecular weight is 345 g/mol. The maximum Gasteiger partial charge on any atom is 0.251 e. The lowest BCUT2D eigenvalue weighted by atomic mass is 9.16. The second-order valence-corrected chi connectivity index (χ2v) is 6.64. The van der Waals surface area contributed by atoms with Crippen molar-refractivity contribution in [2.24, 2.45) is 0 Å². The minimum atomic E-state index is -1.42. The van der Waals surface area contributed by atoms with E-state index in [0.717, 1.165) is 5.69 Å². The summed E-state index contributed by atoms with van der Waals surface area (Å²) < 4.78 is 0. The number of aromatic nitrogens is 1. The van der Waals surface area contributed by atoms with Crippen LogP contribution in [-0.2, 0) is 0 Å². The monoisotopic (exact) mass is 345 g/mol. The Balaban J connectivity index is 2.03. The van der Waals surface area contributed by atoms with E-state index < -0.39 is 6.15 Å². The summed E-state index contributed by atoms with van der Waals surface area (Å²) >= 11 is 0. The molecule has 0 saturated heterocycles. The summed E-state index contributed by atoms with van der Waals surface area (Å²) in [5, 5.41) is 0. The van der Waals surface area contributed by atoms with Crippen molar-refractivity contribution in [3.63, 3.8) is 0 Å². The number of pyridine rings is 1. The molecule has 128 valence electrons. The van der Waals surface area contributed by atoms with Gasteiger partial charge in [-0.2, -0.15) is 16.4 Å². The fourth-order valence-corrected chi connectivity index (χ4v) is 3.71. The van der Waals surface area contributed by atoms with Crippen LogP contribution in [0, 0.1) is 11.7 Å². The van der Waals surface area contributed by atoms with Crippen LogP contribution < -0.4 is 21.4 Å². The van der Waals surface area contributed by atoms with E-state index in [1.165, 1.54) is 16.4 Å². The van der Waals surface area contributed by atoms with Gasteiger partial charge in [-0.25, -0.2) is 4.98 Å². The first-order chi connectivity index (χ1) is 13.4. The topological polar surface area (TPSA) is 14.1 Å². The van der Waals surface area contributed by atoms with Crippen LogP contribution >= 0.6 is 0 Å². The van der Waals surface area contributed by atoms with Crippen molar-refractivity contribution in [3.8, 4) is 11.7 Å². The van der Waals surface area contributed by atoms with Crippen molar-refractivity contribution in [1.29, 1.82) is 0 Å². The average Bonchev–Trinajstić information content (AvgIpc) is 2.77. The molecule has 1 nitrogen and oxygen atoms in total. The Kier molecular flexibility index (Phi) is 4.85. The van der Waals surface area contributed by atoms with Gasteiger partial charge < -0.3 is 0 Å². The van der Waals surface area contributed by atoms with Gasteiger partial charge in [-0.05, 0) is 12.0 Å². The van der Waals surface area contributed by atoms with Crippen molar-refractivity contribution in [1.82, 2.24) is 0 Å². The first-order valence-corrected chi connectivity index (χ1v) is 9.21. The van der Waals surface area contributed by atoms with E-state index in [1.54, 1.807) is 0 Å². The highest BCUT2D eigenvalue weighted by Crippen LogP contribution is 2.07. The molecule has 0 aliphatic rings. The van der Waals surface area contributed by atoms with Crippen LogP contribution in [-0.4, -0.2) is 6.15 Å². The first-order valence-electron chi connectivity index (χ1n) is 9.21. The van der Waals surface area contributed by atoms with Crippen molar-refractivity contribution in [3.05, 3.63) is 121 Å². The number of hydrogen-bond donors (Lipinski definition) is 0. The van der Waals surface area contributed by atoms with Crippen molar-refractivity contribution < 1.29 is 4.98 Å². The minimum absolute atomic E-state index is 0.909. The second-order valence-electron chi connectivity index (χ2n) is 6.64. The van der Waals surface area contributed by atoms with Gasteiger partial charge in [-0.3, -0.25) is 5.82 Å². The van der Waals surface area contributed by atoms with Crippen molar-refractivity contribution in [2.45, 2.75) is 0 Å². The number of hydrogen-bond acceptors (Lipinski definition) is 0. The smallest absolute Gasteiger partial charge is 0.251 e. The first kappa shape index (κ1) is 16.9. The Hall–Kier alpha value is -3.57. The number of benzene rings is 3. The van der Waals surface area contributed by atoms with Gasteiger partial charge in [0.1, 0.15) is 6.15 Å². The van der Waals surface area contributed by atoms with E-state index >= 15 is 0 Å². The molecule has 27 heavy (non-hydrogen) atoms. The molecule has 1 N–H and O–H groups in total. The van der Waals surface area contributed by atoms with E-state index in [4.69, 9.17) is 0 Å². The molecule has 0 aliphatic heterocycles. The van der Waals surface area contributed by atoms with Crippen LogP contribution in [0.5, 0.6) is 0 Å². The summed E-state index contributed by atoms with van der Waals surface area (Å²) in [5.41, 5.74) is 4.57. The maximum atomic E-state index is 3.68. The number of rotatable bonds is 3. The zero-order chi connectivity index (χ0) is 18.4. The van der Waals surface area contributed by atoms with Crippen molar-refractivity contribution in [2.75, 3.05) is 0 Å². The van der Waals surface area contributed by atoms with Crippen LogP contribution in [0.1, 0.15) is 5.69 Å². The van der Waals surface area contributed by atoms with E-state index in [-0.39, 0.29) is 0 Å². The molecule has 0 radical (unpaired) electrons. The Morgan fingerprint density at radius 2 is 0.963 bits per heavy atom. The fourth-order valence-electron chi connectivity index (χ4n) is 3.71. The molecule has 4 rings (SSSR count). The minimum Gasteiger partial charge on any atom is -0.286 e. The zero-order valence-corrected chi connectivity index (χ0v) is 15.0. The van der Waals surface area contributed by atoms with Crippen LogP contribution in [0.3, 0.4) is 0 Å². The number of nitrogens with one attached hydrogen (secondary N) is 1. The summed E-state index contributed by atoms with van der Waals surface area (Å²) in [6.45, 7) is 0. The zero-order valence-electron chi connectivity index (χ0n) is 15.0. The third kappa shape index (κ3) is 3.41. The van der Waals surface area contributed by atoms with Gasteiger partial charge in [-0.1, -0.05) is 91.0 Å².